The lowest BCUT2D eigenvalue weighted by molar-refractivity contribution is 0.482. The molecule has 0 fully saturated rings. The molecular weight excluding hydrogens is 270 g/mol. The molecule has 0 radical (unpaired) electrons. The quantitative estimate of drug-likeness (QED) is 0.792. The summed E-state index contributed by atoms with van der Waals surface area (Å²) in [5, 5.41) is 0.472. The predicted octanol–water partition coefficient (Wildman–Crippen LogP) is 3.89. The van der Waals surface area contributed by atoms with Gasteiger partial charge in [0.25, 0.3) is 0 Å². The Bertz CT molecular complexity index is 722. The van der Waals surface area contributed by atoms with Gasteiger partial charge in [0.1, 0.15) is 11.5 Å². The fourth-order valence-electron chi connectivity index (χ4n) is 1.84. The lowest BCUT2D eigenvalue weighted by Crippen LogP contribution is -1.86. The van der Waals surface area contributed by atoms with Gasteiger partial charge in [-0.1, -0.05) is 12.1 Å². The molecule has 20 heavy (non-hydrogen) atoms. The minimum Gasteiger partial charge on any atom is -0.457 e. The van der Waals surface area contributed by atoms with Crippen LogP contribution in [-0.4, -0.2) is 9.36 Å². The molecule has 0 unspecified atom stereocenters. The normalized spacial score (nSPS) is 10.4. The summed E-state index contributed by atoms with van der Waals surface area (Å²) >= 11 is 1.19. The van der Waals surface area contributed by atoms with Crippen molar-refractivity contribution < 1.29 is 4.74 Å². The van der Waals surface area contributed by atoms with Crippen molar-refractivity contribution in [3.05, 3.63) is 54.1 Å². The van der Waals surface area contributed by atoms with Gasteiger partial charge >= 0.3 is 0 Å². The van der Waals surface area contributed by atoms with E-state index in [1.807, 2.05) is 55.5 Å². The molecule has 3 rings (SSSR count). The molecule has 0 saturated carbocycles. The molecule has 5 heteroatoms. The summed E-state index contributed by atoms with van der Waals surface area (Å²) in [5.74, 6) is 2.26. The van der Waals surface area contributed by atoms with Crippen molar-refractivity contribution in [3.63, 3.8) is 0 Å². The molecule has 0 aliphatic rings. The van der Waals surface area contributed by atoms with Crippen LogP contribution in [0.25, 0.3) is 11.4 Å². The molecule has 1 heterocycles. The predicted molar refractivity (Wildman–Crippen MR) is 81.0 cm³/mol. The van der Waals surface area contributed by atoms with E-state index in [4.69, 9.17) is 10.5 Å². The molecule has 3 aromatic rings. The Hall–Kier alpha value is -2.40. The SMILES string of the molecule is Cc1cccc(Oc2ccc(-c3nsc(N)n3)cc2)c1. The van der Waals surface area contributed by atoms with Crippen molar-refractivity contribution in [1.82, 2.24) is 9.36 Å². The Labute approximate surface area is 121 Å². The highest BCUT2D eigenvalue weighted by molar-refractivity contribution is 7.09. The maximum Gasteiger partial charge on any atom is 0.200 e. The number of nitrogens with two attached hydrogens (primary N) is 1. The topological polar surface area (TPSA) is 61.0 Å². The van der Waals surface area contributed by atoms with Crippen LogP contribution in [0.3, 0.4) is 0 Å². The standard InChI is InChI=1S/C15H13N3OS/c1-10-3-2-4-13(9-10)19-12-7-5-11(6-8-12)14-17-15(16)20-18-14/h2-9H,1H3,(H2,16,17,18). The number of nitrogen functional groups attached to an aromatic ring is 1. The van der Waals surface area contributed by atoms with Crippen LogP contribution in [-0.2, 0) is 0 Å². The Kier molecular flexibility index (Phi) is 3.35. The molecule has 2 N–H and O–H groups in total. The molecule has 0 saturated heterocycles. The van der Waals surface area contributed by atoms with Gasteiger partial charge in [-0.05, 0) is 48.9 Å². The van der Waals surface area contributed by atoms with E-state index in [1.54, 1.807) is 0 Å². The third kappa shape index (κ3) is 2.78. The van der Waals surface area contributed by atoms with Gasteiger partial charge in [0.05, 0.1) is 0 Å². The van der Waals surface area contributed by atoms with Crippen LogP contribution < -0.4 is 10.5 Å². The van der Waals surface area contributed by atoms with Gasteiger partial charge in [-0.25, -0.2) is 0 Å². The zero-order valence-electron chi connectivity index (χ0n) is 10.9. The Morgan fingerprint density at radius 2 is 1.85 bits per heavy atom. The molecule has 4 nitrogen and oxygen atoms in total. The Morgan fingerprint density at radius 3 is 2.50 bits per heavy atom. The highest BCUT2D eigenvalue weighted by Crippen LogP contribution is 2.25. The first-order valence-electron chi connectivity index (χ1n) is 6.15. The maximum atomic E-state index is 5.79. The highest BCUT2D eigenvalue weighted by atomic mass is 32.1. The number of ether oxygens (including phenoxy) is 1. The van der Waals surface area contributed by atoms with Crippen LogP contribution in [0.4, 0.5) is 5.13 Å². The summed E-state index contributed by atoms with van der Waals surface area (Å²) in [4.78, 5) is 4.15. The number of hydrogen-bond donors (Lipinski definition) is 1. The van der Waals surface area contributed by atoms with Crippen LogP contribution in [0.1, 0.15) is 5.56 Å². The van der Waals surface area contributed by atoms with Gasteiger partial charge in [-0.15, -0.1) is 0 Å². The van der Waals surface area contributed by atoms with Crippen molar-refractivity contribution in [2.24, 2.45) is 0 Å². The summed E-state index contributed by atoms with van der Waals surface area (Å²) in [6, 6.07) is 15.6. The summed E-state index contributed by atoms with van der Waals surface area (Å²) < 4.78 is 9.97. The minimum atomic E-state index is 0.472. The van der Waals surface area contributed by atoms with Gasteiger partial charge < -0.3 is 10.5 Å². The van der Waals surface area contributed by atoms with E-state index < -0.39 is 0 Å². The van der Waals surface area contributed by atoms with E-state index >= 15 is 0 Å². The lowest BCUT2D eigenvalue weighted by Gasteiger charge is -2.06. The second-order valence-corrected chi connectivity index (χ2v) is 5.18. The van der Waals surface area contributed by atoms with Crippen LogP contribution in [0.2, 0.25) is 0 Å². The first-order valence-corrected chi connectivity index (χ1v) is 6.92. The van der Waals surface area contributed by atoms with Gasteiger partial charge in [0, 0.05) is 17.1 Å². The molecule has 0 aliphatic heterocycles. The van der Waals surface area contributed by atoms with Gasteiger partial charge in [-0.2, -0.15) is 9.36 Å². The van der Waals surface area contributed by atoms with Gasteiger partial charge in [-0.3, -0.25) is 0 Å². The van der Waals surface area contributed by atoms with Crippen LogP contribution in [0.5, 0.6) is 11.5 Å². The fraction of sp³-hybridized carbons (Fsp3) is 0.0667. The summed E-state index contributed by atoms with van der Waals surface area (Å²) in [6.45, 7) is 2.04. The highest BCUT2D eigenvalue weighted by Gasteiger charge is 2.05. The molecule has 0 bridgehead atoms. The molecule has 100 valence electrons. The molecule has 0 atom stereocenters. The number of anilines is 1. The van der Waals surface area contributed by atoms with Crippen molar-refractivity contribution in [3.8, 4) is 22.9 Å². The fourth-order valence-corrected chi connectivity index (χ4v) is 2.29. The second kappa shape index (κ2) is 5.30. The summed E-state index contributed by atoms with van der Waals surface area (Å²) in [6.07, 6.45) is 0. The third-order valence-electron chi connectivity index (χ3n) is 2.78. The van der Waals surface area contributed by atoms with Crippen molar-refractivity contribution in [2.45, 2.75) is 6.92 Å². The van der Waals surface area contributed by atoms with E-state index in [0.29, 0.717) is 11.0 Å². The van der Waals surface area contributed by atoms with Crippen LogP contribution in [0, 0.1) is 6.92 Å². The van der Waals surface area contributed by atoms with E-state index in [9.17, 15) is 0 Å². The van der Waals surface area contributed by atoms with E-state index in [2.05, 4.69) is 9.36 Å². The van der Waals surface area contributed by atoms with Crippen molar-refractivity contribution in [2.75, 3.05) is 5.73 Å². The maximum absolute atomic E-state index is 5.79. The largest absolute Gasteiger partial charge is 0.457 e. The van der Waals surface area contributed by atoms with Gasteiger partial charge in [0.2, 0.25) is 0 Å². The zero-order chi connectivity index (χ0) is 13.9. The summed E-state index contributed by atoms with van der Waals surface area (Å²) in [7, 11) is 0. The third-order valence-corrected chi connectivity index (χ3v) is 3.32. The minimum absolute atomic E-state index is 0.472. The molecule has 0 spiro atoms. The molecular formula is C15H13N3OS. The van der Waals surface area contributed by atoms with Crippen molar-refractivity contribution in [1.29, 1.82) is 0 Å². The molecule has 0 amide bonds. The van der Waals surface area contributed by atoms with Gasteiger partial charge in [0.15, 0.2) is 11.0 Å². The number of aryl methyl sites for hydroxylation is 1. The molecule has 1 aromatic heterocycles. The number of hydrogen-bond acceptors (Lipinski definition) is 5. The summed E-state index contributed by atoms with van der Waals surface area (Å²) in [5.41, 5.74) is 7.68. The smallest absolute Gasteiger partial charge is 0.200 e. The van der Waals surface area contributed by atoms with E-state index in [-0.39, 0.29) is 0 Å². The average molecular weight is 283 g/mol. The van der Waals surface area contributed by atoms with Crippen LogP contribution in [0.15, 0.2) is 48.5 Å². The Balaban J connectivity index is 1.79. The number of rotatable bonds is 3. The number of nitrogens with zero attached hydrogens (tertiary/aromatic N) is 2. The van der Waals surface area contributed by atoms with Crippen molar-refractivity contribution >= 4 is 16.7 Å². The van der Waals surface area contributed by atoms with Crippen LogP contribution >= 0.6 is 11.5 Å². The molecule has 0 aliphatic carbocycles. The average Bonchev–Trinajstić information content (AvgIpc) is 2.86. The second-order valence-electron chi connectivity index (χ2n) is 4.40. The monoisotopic (exact) mass is 283 g/mol. The number of benzene rings is 2. The Morgan fingerprint density at radius 1 is 1.05 bits per heavy atom. The first kappa shape index (κ1) is 12.6. The zero-order valence-corrected chi connectivity index (χ0v) is 11.7. The lowest BCUT2D eigenvalue weighted by atomic mass is 10.2. The van der Waals surface area contributed by atoms with E-state index in [0.717, 1.165) is 17.1 Å². The molecule has 2 aromatic carbocycles. The number of aromatic nitrogens is 2. The first-order chi connectivity index (χ1) is 9.70. The van der Waals surface area contributed by atoms with E-state index in [1.165, 1.54) is 17.1 Å².